The number of rotatable bonds is 3. The Kier molecular flexibility index (Phi) is 5.72. The van der Waals surface area contributed by atoms with Gasteiger partial charge in [-0.25, -0.2) is 13.2 Å². The molecule has 2 heterocycles. The number of carbonyl (C=O) groups excluding carboxylic acids is 1. The van der Waals surface area contributed by atoms with Crippen LogP contribution in [-0.4, -0.2) is 83.0 Å². The van der Waals surface area contributed by atoms with Crippen molar-refractivity contribution in [3.8, 4) is 0 Å². The fourth-order valence-corrected chi connectivity index (χ4v) is 4.17. The number of likely N-dealkylation sites (N-methyl/N-ethyl adjacent to an activating group) is 1. The number of hydrogen-bond acceptors (Lipinski definition) is 5. The van der Waals surface area contributed by atoms with E-state index in [1.807, 2.05) is 29.0 Å². The molecule has 2 amide bonds. The van der Waals surface area contributed by atoms with Gasteiger partial charge in [0.15, 0.2) is 9.84 Å². The van der Waals surface area contributed by atoms with Crippen LogP contribution < -0.4 is 4.90 Å². The maximum Gasteiger partial charge on any atom is 0.320 e. The van der Waals surface area contributed by atoms with Crippen LogP contribution in [-0.2, 0) is 14.6 Å². The van der Waals surface area contributed by atoms with Crippen molar-refractivity contribution in [3.05, 3.63) is 24.3 Å². The van der Waals surface area contributed by atoms with Crippen molar-refractivity contribution < 1.29 is 17.9 Å². The second-order valence-electron chi connectivity index (χ2n) is 7.00. The van der Waals surface area contributed by atoms with Crippen LogP contribution in [0.4, 0.5) is 10.5 Å². The molecular weight excluding hydrogens is 354 g/mol. The number of morpholine rings is 1. The summed E-state index contributed by atoms with van der Waals surface area (Å²) < 4.78 is 28.6. The van der Waals surface area contributed by atoms with Crippen molar-refractivity contribution >= 4 is 21.6 Å². The highest BCUT2D eigenvalue weighted by molar-refractivity contribution is 7.90. The predicted molar refractivity (Wildman–Crippen MR) is 100 cm³/mol. The number of anilines is 1. The number of piperidine rings is 1. The number of carbonyl (C=O) groups is 1. The van der Waals surface area contributed by atoms with E-state index in [-0.39, 0.29) is 12.1 Å². The Bertz CT molecular complexity index is 729. The molecule has 1 atom stereocenters. The minimum absolute atomic E-state index is 0.0626. The molecule has 2 fully saturated rings. The first-order valence-corrected chi connectivity index (χ1v) is 10.9. The predicted octanol–water partition coefficient (Wildman–Crippen LogP) is 1.44. The Hall–Kier alpha value is -1.80. The Morgan fingerprint density at radius 3 is 2.42 bits per heavy atom. The molecule has 0 radical (unpaired) electrons. The van der Waals surface area contributed by atoms with Crippen molar-refractivity contribution in [3.63, 3.8) is 0 Å². The number of amides is 2. The largest absolute Gasteiger partial charge is 0.378 e. The molecule has 26 heavy (non-hydrogen) atoms. The second kappa shape index (κ2) is 7.84. The number of urea groups is 1. The van der Waals surface area contributed by atoms with E-state index in [9.17, 15) is 13.2 Å². The van der Waals surface area contributed by atoms with Gasteiger partial charge in [0.1, 0.15) is 0 Å². The highest BCUT2D eigenvalue weighted by atomic mass is 32.2. The Morgan fingerprint density at radius 2 is 1.81 bits per heavy atom. The summed E-state index contributed by atoms with van der Waals surface area (Å²) in [7, 11) is -1.31. The lowest BCUT2D eigenvalue weighted by molar-refractivity contribution is 0.0414. The molecule has 7 nitrogen and oxygen atoms in total. The molecule has 1 unspecified atom stereocenters. The summed E-state index contributed by atoms with van der Waals surface area (Å²) >= 11 is 0. The Balaban J connectivity index is 1.65. The third-order valence-electron chi connectivity index (χ3n) is 5.16. The zero-order chi connectivity index (χ0) is 18.7. The third kappa shape index (κ3) is 4.29. The fraction of sp³-hybridized carbons (Fsp3) is 0.611. The Labute approximate surface area is 155 Å². The van der Waals surface area contributed by atoms with Crippen molar-refractivity contribution in [1.29, 1.82) is 0 Å². The van der Waals surface area contributed by atoms with E-state index >= 15 is 0 Å². The van der Waals surface area contributed by atoms with E-state index < -0.39 is 9.84 Å². The van der Waals surface area contributed by atoms with E-state index in [0.717, 1.165) is 31.6 Å². The molecule has 0 N–H and O–H groups in total. The molecule has 2 aliphatic heterocycles. The molecule has 1 aromatic rings. The summed E-state index contributed by atoms with van der Waals surface area (Å²) in [5, 5.41) is 0. The second-order valence-corrected chi connectivity index (χ2v) is 9.02. The van der Waals surface area contributed by atoms with Gasteiger partial charge in [-0.3, -0.25) is 0 Å². The van der Waals surface area contributed by atoms with E-state index in [1.54, 1.807) is 12.1 Å². The lowest BCUT2D eigenvalue weighted by Crippen LogP contribution is -2.54. The van der Waals surface area contributed by atoms with Gasteiger partial charge >= 0.3 is 6.03 Å². The van der Waals surface area contributed by atoms with Crippen molar-refractivity contribution in [2.75, 3.05) is 57.6 Å². The average Bonchev–Trinajstić information content (AvgIpc) is 2.67. The quantitative estimate of drug-likeness (QED) is 0.792. The zero-order valence-electron chi connectivity index (χ0n) is 15.4. The lowest BCUT2D eigenvalue weighted by Gasteiger charge is -2.41. The van der Waals surface area contributed by atoms with Crippen LogP contribution in [0.5, 0.6) is 0 Å². The molecule has 144 valence electrons. The van der Waals surface area contributed by atoms with E-state index in [0.29, 0.717) is 31.2 Å². The Morgan fingerprint density at radius 1 is 1.15 bits per heavy atom. The minimum atomic E-state index is -3.19. The van der Waals surface area contributed by atoms with Gasteiger partial charge in [-0.2, -0.15) is 0 Å². The topological polar surface area (TPSA) is 70.2 Å². The molecule has 2 saturated heterocycles. The zero-order valence-corrected chi connectivity index (χ0v) is 16.2. The number of ether oxygens (including phenoxy) is 1. The monoisotopic (exact) mass is 381 g/mol. The average molecular weight is 381 g/mol. The van der Waals surface area contributed by atoms with E-state index in [2.05, 4.69) is 4.90 Å². The summed E-state index contributed by atoms with van der Waals surface area (Å²) in [5.41, 5.74) is 0.995. The van der Waals surface area contributed by atoms with Crippen molar-refractivity contribution in [2.45, 2.75) is 23.8 Å². The first kappa shape index (κ1) is 19.0. The van der Waals surface area contributed by atoms with Crippen LogP contribution in [0.3, 0.4) is 0 Å². The normalized spacial score (nSPS) is 21.5. The highest BCUT2D eigenvalue weighted by Gasteiger charge is 2.29. The van der Waals surface area contributed by atoms with Gasteiger partial charge in [0.25, 0.3) is 0 Å². The lowest BCUT2D eigenvalue weighted by atomic mass is 10.0. The summed E-state index contributed by atoms with van der Waals surface area (Å²) in [5.74, 6) is 0. The van der Waals surface area contributed by atoms with Crippen LogP contribution in [0.1, 0.15) is 12.8 Å². The molecule has 1 aromatic carbocycles. The SMILES string of the molecule is CN(C(=O)N1CCOCC1)C1CCCN(c2ccc(S(C)(=O)=O)cc2)C1. The molecule has 0 aromatic heterocycles. The summed E-state index contributed by atoms with van der Waals surface area (Å²) in [6, 6.07) is 7.21. The molecule has 2 aliphatic rings. The number of sulfone groups is 1. The fourth-order valence-electron chi connectivity index (χ4n) is 3.54. The van der Waals surface area contributed by atoms with Gasteiger partial charge in [0.05, 0.1) is 24.2 Å². The molecule has 8 heteroatoms. The molecule has 0 saturated carbocycles. The smallest absolute Gasteiger partial charge is 0.320 e. The van der Waals surface area contributed by atoms with Crippen molar-refractivity contribution in [2.24, 2.45) is 0 Å². The molecule has 0 bridgehead atoms. The maximum atomic E-state index is 12.7. The van der Waals surface area contributed by atoms with Gasteiger partial charge < -0.3 is 19.4 Å². The van der Waals surface area contributed by atoms with E-state index in [4.69, 9.17) is 4.74 Å². The molecule has 0 spiro atoms. The number of nitrogens with zero attached hydrogens (tertiary/aromatic N) is 3. The highest BCUT2D eigenvalue weighted by Crippen LogP contribution is 2.24. The van der Waals surface area contributed by atoms with Gasteiger partial charge in [0.2, 0.25) is 0 Å². The number of hydrogen-bond donors (Lipinski definition) is 0. The first-order chi connectivity index (χ1) is 12.4. The standard InChI is InChI=1S/C18H27N3O4S/c1-19(18(22)20-10-12-25-13-11-20)16-4-3-9-21(14-16)15-5-7-17(8-6-15)26(2,23)24/h5-8,16H,3-4,9-14H2,1-2H3. The summed E-state index contributed by atoms with van der Waals surface area (Å²) in [6.07, 6.45) is 3.19. The summed E-state index contributed by atoms with van der Waals surface area (Å²) in [4.78, 5) is 19.0. The third-order valence-corrected chi connectivity index (χ3v) is 6.29. The molecular formula is C18H27N3O4S. The van der Waals surface area contributed by atoms with Gasteiger partial charge in [-0.15, -0.1) is 0 Å². The molecule has 3 rings (SSSR count). The van der Waals surface area contributed by atoms with Gasteiger partial charge in [-0.05, 0) is 37.1 Å². The number of benzene rings is 1. The first-order valence-electron chi connectivity index (χ1n) is 9.01. The van der Waals surface area contributed by atoms with Crippen LogP contribution in [0.15, 0.2) is 29.2 Å². The van der Waals surface area contributed by atoms with Crippen LogP contribution in [0, 0.1) is 0 Å². The van der Waals surface area contributed by atoms with Crippen molar-refractivity contribution in [1.82, 2.24) is 9.80 Å². The van der Waals surface area contributed by atoms with Gasteiger partial charge in [-0.1, -0.05) is 0 Å². The molecule has 0 aliphatic carbocycles. The summed E-state index contributed by atoms with van der Waals surface area (Å²) in [6.45, 7) is 4.16. The van der Waals surface area contributed by atoms with Gasteiger partial charge in [0, 0.05) is 45.2 Å². The minimum Gasteiger partial charge on any atom is -0.378 e. The van der Waals surface area contributed by atoms with Crippen LogP contribution in [0.2, 0.25) is 0 Å². The maximum absolute atomic E-state index is 12.7. The van der Waals surface area contributed by atoms with E-state index in [1.165, 1.54) is 6.26 Å². The van der Waals surface area contributed by atoms with Crippen LogP contribution in [0.25, 0.3) is 0 Å². The van der Waals surface area contributed by atoms with Crippen LogP contribution >= 0.6 is 0 Å².